The predicted octanol–water partition coefficient (Wildman–Crippen LogP) is 3.68. The fourth-order valence-corrected chi connectivity index (χ4v) is 1.54. The fraction of sp³-hybridized carbons (Fsp3) is 0.417. The van der Waals surface area contributed by atoms with Gasteiger partial charge in [0, 0.05) is 13.5 Å². The average Bonchev–Trinajstić information content (AvgIpc) is 2.34. The summed E-state index contributed by atoms with van der Waals surface area (Å²) in [6, 6.07) is 4.54. The maximum absolute atomic E-state index is 13.2. The second-order valence-electron chi connectivity index (χ2n) is 3.88. The van der Waals surface area contributed by atoms with E-state index in [9.17, 15) is 22.0 Å². The molecule has 0 aliphatic carbocycles. The van der Waals surface area contributed by atoms with E-state index in [0.717, 1.165) is 25.3 Å². The van der Waals surface area contributed by atoms with Gasteiger partial charge in [-0.05, 0) is 23.8 Å². The summed E-state index contributed by atoms with van der Waals surface area (Å²) in [5.74, 6) is -5.07. The summed E-state index contributed by atoms with van der Waals surface area (Å²) in [7, 11) is 1.04. The standard InChI is InChI=1S/C12H10F5NO/c1-19-10(5-12(16,17)11(14)15)8-2-7(6-18)3-9(13)4-8/h2-4,10-11H,5H2,1H3. The van der Waals surface area contributed by atoms with E-state index in [-0.39, 0.29) is 11.1 Å². The zero-order valence-corrected chi connectivity index (χ0v) is 9.84. The monoisotopic (exact) mass is 279 g/mol. The molecule has 104 valence electrons. The van der Waals surface area contributed by atoms with Crippen molar-refractivity contribution in [2.45, 2.75) is 24.9 Å². The average molecular weight is 279 g/mol. The van der Waals surface area contributed by atoms with Crippen LogP contribution in [-0.4, -0.2) is 19.5 Å². The van der Waals surface area contributed by atoms with Crippen molar-refractivity contribution in [1.82, 2.24) is 0 Å². The quantitative estimate of drug-likeness (QED) is 0.770. The van der Waals surface area contributed by atoms with Crippen LogP contribution in [0.25, 0.3) is 0 Å². The lowest BCUT2D eigenvalue weighted by Crippen LogP contribution is -2.29. The Labute approximate surface area is 106 Å². The number of ether oxygens (including phenoxy) is 1. The van der Waals surface area contributed by atoms with Crippen molar-refractivity contribution in [3.05, 3.63) is 35.1 Å². The Kier molecular flexibility index (Phi) is 4.84. The molecule has 0 aliphatic rings. The van der Waals surface area contributed by atoms with Crippen molar-refractivity contribution in [3.8, 4) is 6.07 Å². The highest BCUT2D eigenvalue weighted by molar-refractivity contribution is 5.34. The Morgan fingerprint density at radius 2 is 1.95 bits per heavy atom. The van der Waals surface area contributed by atoms with Crippen LogP contribution in [0.15, 0.2) is 18.2 Å². The molecule has 0 fully saturated rings. The molecule has 1 rings (SSSR count). The summed E-state index contributed by atoms with van der Waals surface area (Å²) in [6.45, 7) is 0. The molecule has 1 unspecified atom stereocenters. The molecule has 1 atom stereocenters. The summed E-state index contributed by atoms with van der Waals surface area (Å²) in [5.41, 5.74) is -0.184. The van der Waals surface area contributed by atoms with Crippen LogP contribution in [0.4, 0.5) is 22.0 Å². The molecule has 1 aromatic carbocycles. The van der Waals surface area contributed by atoms with E-state index in [1.807, 2.05) is 0 Å². The molecule has 0 aromatic heterocycles. The van der Waals surface area contributed by atoms with E-state index in [4.69, 9.17) is 5.26 Å². The molecular formula is C12H10F5NO. The summed E-state index contributed by atoms with van der Waals surface area (Å²) in [6.07, 6.45) is -6.56. The van der Waals surface area contributed by atoms with Gasteiger partial charge < -0.3 is 4.74 Å². The molecule has 0 bridgehead atoms. The lowest BCUT2D eigenvalue weighted by molar-refractivity contribution is -0.152. The first-order chi connectivity index (χ1) is 8.80. The Morgan fingerprint density at radius 3 is 2.42 bits per heavy atom. The van der Waals surface area contributed by atoms with Gasteiger partial charge in [-0.15, -0.1) is 0 Å². The highest BCUT2D eigenvalue weighted by Crippen LogP contribution is 2.35. The van der Waals surface area contributed by atoms with Gasteiger partial charge in [-0.25, -0.2) is 22.0 Å². The van der Waals surface area contributed by atoms with E-state index in [1.54, 1.807) is 6.07 Å². The minimum absolute atomic E-state index is 0.0839. The Balaban J connectivity index is 3.04. The zero-order chi connectivity index (χ0) is 14.6. The van der Waals surface area contributed by atoms with Crippen molar-refractivity contribution < 1.29 is 26.7 Å². The number of methoxy groups -OCH3 is 1. The number of benzene rings is 1. The first-order valence-corrected chi connectivity index (χ1v) is 5.19. The van der Waals surface area contributed by atoms with Gasteiger partial charge in [0.15, 0.2) is 0 Å². The SMILES string of the molecule is COC(CC(F)(F)C(F)F)c1cc(F)cc(C#N)c1. The molecule has 0 aliphatic heterocycles. The molecule has 19 heavy (non-hydrogen) atoms. The second kappa shape index (κ2) is 5.97. The van der Waals surface area contributed by atoms with Gasteiger partial charge in [-0.1, -0.05) is 0 Å². The van der Waals surface area contributed by atoms with Gasteiger partial charge in [-0.3, -0.25) is 0 Å². The van der Waals surface area contributed by atoms with Gasteiger partial charge in [0.1, 0.15) is 5.82 Å². The van der Waals surface area contributed by atoms with Gasteiger partial charge in [0.2, 0.25) is 0 Å². The summed E-state index contributed by atoms with van der Waals surface area (Å²) < 4.78 is 68.0. The molecule has 0 heterocycles. The maximum atomic E-state index is 13.2. The molecule has 2 nitrogen and oxygen atoms in total. The highest BCUT2D eigenvalue weighted by atomic mass is 19.3. The van der Waals surface area contributed by atoms with Gasteiger partial charge in [0.25, 0.3) is 0 Å². The molecule has 0 N–H and O–H groups in total. The van der Waals surface area contributed by atoms with E-state index in [2.05, 4.69) is 4.74 Å². The fourth-order valence-electron chi connectivity index (χ4n) is 1.54. The largest absolute Gasteiger partial charge is 0.377 e. The van der Waals surface area contributed by atoms with Gasteiger partial charge >= 0.3 is 12.3 Å². The number of hydrogen-bond acceptors (Lipinski definition) is 2. The maximum Gasteiger partial charge on any atom is 0.310 e. The number of nitrogens with zero attached hydrogens (tertiary/aromatic N) is 1. The van der Waals surface area contributed by atoms with Crippen LogP contribution < -0.4 is 0 Å². The third-order valence-electron chi connectivity index (χ3n) is 2.48. The van der Waals surface area contributed by atoms with E-state index in [0.29, 0.717) is 0 Å². The Bertz CT molecular complexity index is 483. The van der Waals surface area contributed by atoms with E-state index >= 15 is 0 Å². The molecule has 0 spiro atoms. The first kappa shape index (κ1) is 15.4. The summed E-state index contributed by atoms with van der Waals surface area (Å²) in [5, 5.41) is 8.64. The van der Waals surface area contributed by atoms with Crippen LogP contribution in [0, 0.1) is 17.1 Å². The van der Waals surface area contributed by atoms with Crippen LogP contribution in [0.3, 0.4) is 0 Å². The van der Waals surface area contributed by atoms with E-state index < -0.39 is 30.7 Å². The van der Waals surface area contributed by atoms with Crippen LogP contribution in [-0.2, 0) is 4.74 Å². The molecule has 0 radical (unpaired) electrons. The lowest BCUT2D eigenvalue weighted by atomic mass is 10.0. The number of rotatable bonds is 5. The van der Waals surface area contributed by atoms with Crippen molar-refractivity contribution in [1.29, 1.82) is 5.26 Å². The van der Waals surface area contributed by atoms with Crippen LogP contribution in [0.5, 0.6) is 0 Å². The predicted molar refractivity (Wildman–Crippen MR) is 56.4 cm³/mol. The third-order valence-corrected chi connectivity index (χ3v) is 2.48. The summed E-state index contributed by atoms with van der Waals surface area (Å²) in [4.78, 5) is 0. The van der Waals surface area contributed by atoms with Crippen molar-refractivity contribution in [2.75, 3.05) is 7.11 Å². The second-order valence-corrected chi connectivity index (χ2v) is 3.88. The first-order valence-electron chi connectivity index (χ1n) is 5.19. The van der Waals surface area contributed by atoms with Crippen molar-refractivity contribution in [3.63, 3.8) is 0 Å². The topological polar surface area (TPSA) is 33.0 Å². The van der Waals surface area contributed by atoms with Gasteiger partial charge in [-0.2, -0.15) is 5.26 Å². The number of alkyl halides is 4. The minimum atomic E-state index is -4.25. The molecule has 0 amide bonds. The van der Waals surface area contributed by atoms with Gasteiger partial charge in [0.05, 0.1) is 17.7 Å². The summed E-state index contributed by atoms with van der Waals surface area (Å²) >= 11 is 0. The lowest BCUT2D eigenvalue weighted by Gasteiger charge is -2.22. The zero-order valence-electron chi connectivity index (χ0n) is 9.84. The van der Waals surface area contributed by atoms with Crippen molar-refractivity contribution >= 4 is 0 Å². The van der Waals surface area contributed by atoms with Crippen LogP contribution >= 0.6 is 0 Å². The smallest absolute Gasteiger partial charge is 0.310 e. The highest BCUT2D eigenvalue weighted by Gasteiger charge is 2.43. The van der Waals surface area contributed by atoms with E-state index in [1.165, 1.54) is 0 Å². The number of halogens is 5. The number of hydrogen-bond donors (Lipinski definition) is 0. The molecule has 7 heteroatoms. The van der Waals surface area contributed by atoms with Crippen LogP contribution in [0.1, 0.15) is 23.7 Å². The molecule has 0 saturated carbocycles. The molecule has 1 aromatic rings. The third kappa shape index (κ3) is 3.89. The minimum Gasteiger partial charge on any atom is -0.377 e. The Hall–Kier alpha value is -1.68. The van der Waals surface area contributed by atoms with Crippen molar-refractivity contribution in [2.24, 2.45) is 0 Å². The number of nitriles is 1. The Morgan fingerprint density at radius 1 is 1.32 bits per heavy atom. The molecular weight excluding hydrogens is 269 g/mol. The molecule has 0 saturated heterocycles. The normalized spacial score (nSPS) is 13.4. The van der Waals surface area contributed by atoms with Crippen LogP contribution in [0.2, 0.25) is 0 Å².